The SMILES string of the molecule is CCCCCCCCCCCC(CCCCCCCCCCC)CN(CCCCCCCCCCC)CCCC[Si](OC)(OC)OC. The number of nitrogens with zero attached hydrogens (tertiary/aromatic N) is 1. The molecule has 0 fully saturated rings. The molecule has 0 atom stereocenters. The van der Waals surface area contributed by atoms with E-state index in [-0.39, 0.29) is 0 Å². The van der Waals surface area contributed by atoms with Crippen molar-refractivity contribution in [2.24, 2.45) is 5.92 Å². The monoisotopic (exact) mass is 684 g/mol. The first-order chi connectivity index (χ1) is 23.1. The van der Waals surface area contributed by atoms with Crippen LogP contribution in [0.2, 0.25) is 6.04 Å². The molecule has 0 spiro atoms. The summed E-state index contributed by atoms with van der Waals surface area (Å²) in [4.78, 5) is 2.86. The van der Waals surface area contributed by atoms with Gasteiger partial charge in [-0.15, -0.1) is 0 Å². The molecule has 0 aromatic rings. The largest absolute Gasteiger partial charge is 0.500 e. The first kappa shape index (κ1) is 47.1. The molecule has 0 radical (unpaired) electrons. The lowest BCUT2D eigenvalue weighted by Crippen LogP contribution is -2.42. The summed E-state index contributed by atoms with van der Waals surface area (Å²) in [5, 5.41) is 0. The normalized spacial score (nSPS) is 12.3. The van der Waals surface area contributed by atoms with E-state index in [9.17, 15) is 0 Å². The van der Waals surface area contributed by atoms with Crippen LogP contribution in [0, 0.1) is 5.92 Å². The van der Waals surface area contributed by atoms with Crippen molar-refractivity contribution >= 4 is 8.80 Å². The summed E-state index contributed by atoms with van der Waals surface area (Å²) in [7, 11) is 2.78. The summed E-state index contributed by atoms with van der Waals surface area (Å²) < 4.78 is 17.1. The van der Waals surface area contributed by atoms with E-state index in [0.717, 1.165) is 18.4 Å². The van der Waals surface area contributed by atoms with Crippen molar-refractivity contribution in [2.45, 2.75) is 226 Å². The summed E-state index contributed by atoms with van der Waals surface area (Å²) in [5.41, 5.74) is 0. The molecule has 5 heteroatoms. The van der Waals surface area contributed by atoms with Gasteiger partial charge in [-0.2, -0.15) is 0 Å². The Morgan fingerprint density at radius 3 is 1.02 bits per heavy atom. The van der Waals surface area contributed by atoms with Crippen LogP contribution >= 0.6 is 0 Å². The van der Waals surface area contributed by atoms with E-state index in [1.54, 1.807) is 21.3 Å². The van der Waals surface area contributed by atoms with E-state index in [1.807, 2.05) is 0 Å². The average molecular weight is 684 g/mol. The van der Waals surface area contributed by atoms with Crippen LogP contribution in [0.25, 0.3) is 0 Å². The molecule has 0 unspecified atom stereocenters. The van der Waals surface area contributed by atoms with Crippen molar-refractivity contribution in [3.63, 3.8) is 0 Å². The van der Waals surface area contributed by atoms with E-state index in [2.05, 4.69) is 25.7 Å². The fourth-order valence-corrected chi connectivity index (χ4v) is 9.15. The van der Waals surface area contributed by atoms with Crippen LogP contribution in [0.1, 0.15) is 220 Å². The zero-order valence-corrected chi connectivity index (χ0v) is 34.5. The zero-order valence-electron chi connectivity index (χ0n) is 33.5. The smallest absolute Gasteiger partial charge is 0.377 e. The van der Waals surface area contributed by atoms with Gasteiger partial charge in [0.2, 0.25) is 0 Å². The molecular weight excluding hydrogens is 595 g/mol. The maximum absolute atomic E-state index is 5.72. The Labute approximate surface area is 299 Å². The van der Waals surface area contributed by atoms with E-state index < -0.39 is 8.80 Å². The molecule has 0 aliphatic rings. The minimum absolute atomic E-state index is 0.869. The van der Waals surface area contributed by atoms with Crippen LogP contribution in [0.5, 0.6) is 0 Å². The van der Waals surface area contributed by atoms with E-state index in [1.165, 1.54) is 212 Å². The maximum atomic E-state index is 5.72. The van der Waals surface area contributed by atoms with Crippen LogP contribution in [-0.4, -0.2) is 54.7 Å². The Morgan fingerprint density at radius 2 is 0.681 bits per heavy atom. The fraction of sp³-hybridized carbons (Fsp3) is 1.00. The topological polar surface area (TPSA) is 30.9 Å². The number of rotatable bonds is 40. The Bertz CT molecular complexity index is 558. The van der Waals surface area contributed by atoms with Crippen molar-refractivity contribution in [3.05, 3.63) is 0 Å². The quantitative estimate of drug-likeness (QED) is 0.0475. The molecule has 0 aromatic carbocycles. The van der Waals surface area contributed by atoms with Crippen LogP contribution in [-0.2, 0) is 13.3 Å². The molecule has 0 amide bonds. The molecule has 284 valence electrons. The van der Waals surface area contributed by atoms with E-state index in [4.69, 9.17) is 13.3 Å². The second kappa shape index (κ2) is 37.3. The second-order valence-electron chi connectivity index (χ2n) is 15.0. The molecule has 0 aliphatic carbocycles. The molecular formula is C42H89NO3Si. The summed E-state index contributed by atoms with van der Waals surface area (Å²) in [5.74, 6) is 0.869. The standard InChI is InChI=1S/C42H89NO3Si/c1-7-10-13-16-19-22-25-28-31-36-42(37-32-29-26-23-20-17-14-11-8-2)41-43(38-33-30-27-24-21-18-15-12-9-3)39-34-35-40-47(44-4,45-5)46-6/h42H,7-41H2,1-6H3. The minimum Gasteiger partial charge on any atom is -0.377 e. The zero-order chi connectivity index (χ0) is 34.5. The number of hydrogen-bond acceptors (Lipinski definition) is 4. The highest BCUT2D eigenvalue weighted by atomic mass is 28.4. The van der Waals surface area contributed by atoms with Gasteiger partial charge in [-0.25, -0.2) is 0 Å². The predicted octanol–water partition coefficient (Wildman–Crippen LogP) is 13.9. The van der Waals surface area contributed by atoms with Gasteiger partial charge in [0.1, 0.15) is 0 Å². The Morgan fingerprint density at radius 1 is 0.383 bits per heavy atom. The fourth-order valence-electron chi connectivity index (χ4n) is 7.35. The number of unbranched alkanes of at least 4 members (excludes halogenated alkanes) is 25. The van der Waals surface area contributed by atoms with Gasteiger partial charge in [0.25, 0.3) is 0 Å². The van der Waals surface area contributed by atoms with E-state index >= 15 is 0 Å². The highest BCUT2D eigenvalue weighted by Crippen LogP contribution is 2.23. The van der Waals surface area contributed by atoms with Crippen molar-refractivity contribution in [2.75, 3.05) is 41.0 Å². The highest BCUT2D eigenvalue weighted by Gasteiger charge is 2.36. The molecule has 0 saturated heterocycles. The molecule has 0 saturated carbocycles. The molecule has 0 heterocycles. The van der Waals surface area contributed by atoms with Crippen molar-refractivity contribution in [1.82, 2.24) is 4.90 Å². The van der Waals surface area contributed by atoms with Crippen molar-refractivity contribution in [3.8, 4) is 0 Å². The summed E-state index contributed by atoms with van der Waals surface area (Å²) in [6, 6.07) is 0.919. The van der Waals surface area contributed by atoms with Gasteiger partial charge >= 0.3 is 8.80 Å². The van der Waals surface area contributed by atoms with Gasteiger partial charge in [0.15, 0.2) is 0 Å². The molecule has 0 rings (SSSR count). The lowest BCUT2D eigenvalue weighted by molar-refractivity contribution is 0.122. The van der Waals surface area contributed by atoms with Crippen molar-refractivity contribution in [1.29, 1.82) is 0 Å². The van der Waals surface area contributed by atoms with Gasteiger partial charge in [-0.1, -0.05) is 188 Å². The molecule has 47 heavy (non-hydrogen) atoms. The molecule has 4 nitrogen and oxygen atoms in total. The van der Waals surface area contributed by atoms with Gasteiger partial charge in [0.05, 0.1) is 0 Å². The van der Waals surface area contributed by atoms with Crippen LogP contribution in [0.3, 0.4) is 0 Å². The van der Waals surface area contributed by atoms with Crippen LogP contribution < -0.4 is 0 Å². The third-order valence-corrected chi connectivity index (χ3v) is 13.5. The predicted molar refractivity (Wildman–Crippen MR) is 212 cm³/mol. The van der Waals surface area contributed by atoms with Gasteiger partial charge in [-0.05, 0) is 51.1 Å². The number of hydrogen-bond donors (Lipinski definition) is 0. The third kappa shape index (κ3) is 30.6. The van der Waals surface area contributed by atoms with E-state index in [0.29, 0.717) is 0 Å². The van der Waals surface area contributed by atoms with Gasteiger partial charge in [-0.3, -0.25) is 0 Å². The average Bonchev–Trinajstić information content (AvgIpc) is 3.09. The molecule has 0 bridgehead atoms. The third-order valence-electron chi connectivity index (χ3n) is 10.7. The van der Waals surface area contributed by atoms with Crippen LogP contribution in [0.4, 0.5) is 0 Å². The maximum Gasteiger partial charge on any atom is 0.500 e. The summed E-state index contributed by atoms with van der Waals surface area (Å²) >= 11 is 0. The van der Waals surface area contributed by atoms with Gasteiger partial charge < -0.3 is 18.2 Å². The first-order valence-corrected chi connectivity index (χ1v) is 23.4. The summed E-state index contributed by atoms with van der Waals surface area (Å²) in [6.45, 7) is 10.8. The molecule has 0 aliphatic heterocycles. The van der Waals surface area contributed by atoms with Gasteiger partial charge in [0, 0.05) is 33.9 Å². The lowest BCUT2D eigenvalue weighted by atomic mass is 9.93. The van der Waals surface area contributed by atoms with Crippen molar-refractivity contribution < 1.29 is 13.3 Å². The summed E-state index contributed by atoms with van der Waals surface area (Å²) in [6.07, 6.45) is 43.7. The molecule has 0 aromatic heterocycles. The first-order valence-electron chi connectivity index (χ1n) is 21.5. The lowest BCUT2D eigenvalue weighted by Gasteiger charge is -2.29. The molecule has 0 N–H and O–H groups in total. The van der Waals surface area contributed by atoms with Crippen LogP contribution in [0.15, 0.2) is 0 Å². The second-order valence-corrected chi connectivity index (χ2v) is 18.1. The highest BCUT2D eigenvalue weighted by molar-refractivity contribution is 6.60. The minimum atomic E-state index is -2.47. The Hall–Kier alpha value is 0.0569. The Balaban J connectivity index is 4.92. The Kier molecular flexibility index (Phi) is 37.4.